The Bertz CT molecular complexity index is 947. The van der Waals surface area contributed by atoms with Gasteiger partial charge in [0.2, 0.25) is 0 Å². The molecular weight excluding hydrogens is 368 g/mol. The molecule has 1 heterocycles. The number of nitrogens with one attached hydrogen (secondary N) is 2. The van der Waals surface area contributed by atoms with Crippen molar-refractivity contribution in [3.05, 3.63) is 65.9 Å². The van der Waals surface area contributed by atoms with E-state index >= 15 is 0 Å². The molecule has 3 aromatic rings. The maximum atomic E-state index is 12.1. The number of aromatic amines is 1. The van der Waals surface area contributed by atoms with E-state index in [1.165, 1.54) is 0 Å². The van der Waals surface area contributed by atoms with Gasteiger partial charge < -0.3 is 19.8 Å². The number of amides is 1. The van der Waals surface area contributed by atoms with Crippen LogP contribution in [0.5, 0.6) is 5.75 Å². The van der Waals surface area contributed by atoms with Crippen molar-refractivity contribution in [3.63, 3.8) is 0 Å². The molecule has 0 aliphatic heterocycles. The molecule has 0 radical (unpaired) electrons. The lowest BCUT2D eigenvalue weighted by atomic mass is 10.1. The van der Waals surface area contributed by atoms with Crippen LogP contribution in [-0.4, -0.2) is 36.6 Å². The third-order valence-electron chi connectivity index (χ3n) is 4.58. The molecule has 0 fully saturated rings. The zero-order valence-corrected chi connectivity index (χ0v) is 16.6. The number of aromatic nitrogens is 1. The van der Waals surface area contributed by atoms with Gasteiger partial charge in [-0.05, 0) is 48.7 Å². The van der Waals surface area contributed by atoms with E-state index in [-0.39, 0.29) is 12.5 Å². The van der Waals surface area contributed by atoms with Gasteiger partial charge in [-0.15, -0.1) is 0 Å². The minimum atomic E-state index is -0.531. The van der Waals surface area contributed by atoms with Crippen molar-refractivity contribution in [1.29, 1.82) is 0 Å². The molecule has 0 spiro atoms. The van der Waals surface area contributed by atoms with Crippen LogP contribution in [-0.2, 0) is 16.0 Å². The fourth-order valence-electron chi connectivity index (χ4n) is 2.96. The molecule has 2 N–H and O–H groups in total. The highest BCUT2D eigenvalue weighted by atomic mass is 16.5. The molecule has 0 bridgehead atoms. The molecule has 3 rings (SSSR count). The van der Waals surface area contributed by atoms with Crippen molar-refractivity contribution in [2.24, 2.45) is 0 Å². The molecule has 29 heavy (non-hydrogen) atoms. The Labute approximate surface area is 170 Å². The summed E-state index contributed by atoms with van der Waals surface area (Å²) in [6, 6.07) is 14.8. The maximum absolute atomic E-state index is 12.1. The lowest BCUT2D eigenvalue weighted by Crippen LogP contribution is -2.30. The minimum Gasteiger partial charge on any atom is -0.494 e. The first-order valence-corrected chi connectivity index (χ1v) is 9.89. The first-order valence-electron chi connectivity index (χ1n) is 9.89. The summed E-state index contributed by atoms with van der Waals surface area (Å²) >= 11 is 0. The number of carbonyl (C=O) groups excluding carboxylic acids is 2. The standard InChI is InChI=1S/C23H26N2O4/c1-2-3-14-28-19-10-8-17(9-11-19)23(27)29-16-22(26)24-13-12-18-15-25-21-7-5-4-6-20(18)21/h4-11,15,25H,2-3,12-14,16H2,1H3,(H,24,26). The van der Waals surface area contributed by atoms with Gasteiger partial charge in [0, 0.05) is 23.6 Å². The third kappa shape index (κ3) is 5.85. The lowest BCUT2D eigenvalue weighted by molar-refractivity contribution is -0.124. The van der Waals surface area contributed by atoms with Crippen LogP contribution in [0.4, 0.5) is 0 Å². The summed E-state index contributed by atoms with van der Waals surface area (Å²) in [5, 5.41) is 3.93. The topological polar surface area (TPSA) is 80.4 Å². The summed E-state index contributed by atoms with van der Waals surface area (Å²) in [6.45, 7) is 2.92. The van der Waals surface area contributed by atoms with E-state index in [0.29, 0.717) is 30.9 Å². The number of para-hydroxylation sites is 1. The van der Waals surface area contributed by atoms with Crippen LogP contribution in [0.15, 0.2) is 54.7 Å². The maximum Gasteiger partial charge on any atom is 0.338 e. The average Bonchev–Trinajstić information content (AvgIpc) is 3.16. The van der Waals surface area contributed by atoms with E-state index in [2.05, 4.69) is 17.2 Å². The monoisotopic (exact) mass is 394 g/mol. The zero-order chi connectivity index (χ0) is 20.5. The number of rotatable bonds is 10. The number of unbranched alkanes of at least 4 members (excludes halogenated alkanes) is 1. The predicted molar refractivity (Wildman–Crippen MR) is 112 cm³/mol. The average molecular weight is 394 g/mol. The van der Waals surface area contributed by atoms with Crippen LogP contribution < -0.4 is 10.1 Å². The molecular formula is C23H26N2O4. The molecule has 6 nitrogen and oxygen atoms in total. The first kappa shape index (κ1) is 20.5. The number of ether oxygens (including phenoxy) is 2. The van der Waals surface area contributed by atoms with E-state index in [1.807, 2.05) is 30.5 Å². The number of H-pyrrole nitrogens is 1. The molecule has 0 aliphatic carbocycles. The molecule has 1 aromatic heterocycles. The van der Waals surface area contributed by atoms with Gasteiger partial charge >= 0.3 is 5.97 Å². The van der Waals surface area contributed by atoms with Crippen molar-refractivity contribution >= 4 is 22.8 Å². The van der Waals surface area contributed by atoms with Crippen LogP contribution in [0.3, 0.4) is 0 Å². The highest BCUT2D eigenvalue weighted by Crippen LogP contribution is 2.17. The number of esters is 1. The SMILES string of the molecule is CCCCOc1ccc(C(=O)OCC(=O)NCCc2c[nH]c3ccccc23)cc1. The quantitative estimate of drug-likeness (QED) is 0.404. The Morgan fingerprint density at radius 3 is 2.66 bits per heavy atom. The van der Waals surface area contributed by atoms with Crippen LogP contribution in [0.2, 0.25) is 0 Å². The molecule has 0 unspecified atom stereocenters. The summed E-state index contributed by atoms with van der Waals surface area (Å²) in [5.74, 6) is -0.139. The molecule has 2 aromatic carbocycles. The van der Waals surface area contributed by atoms with Crippen LogP contribution in [0.1, 0.15) is 35.7 Å². The van der Waals surface area contributed by atoms with Crippen molar-refractivity contribution in [2.75, 3.05) is 19.8 Å². The summed E-state index contributed by atoms with van der Waals surface area (Å²) in [7, 11) is 0. The lowest BCUT2D eigenvalue weighted by Gasteiger charge is -2.08. The van der Waals surface area contributed by atoms with Crippen LogP contribution >= 0.6 is 0 Å². The summed E-state index contributed by atoms with van der Waals surface area (Å²) in [6.07, 6.45) is 4.70. The molecule has 0 aliphatic rings. The van der Waals surface area contributed by atoms with Crippen LogP contribution in [0.25, 0.3) is 10.9 Å². The van der Waals surface area contributed by atoms with E-state index in [4.69, 9.17) is 9.47 Å². The van der Waals surface area contributed by atoms with E-state index < -0.39 is 5.97 Å². The summed E-state index contributed by atoms with van der Waals surface area (Å²) in [5.41, 5.74) is 2.60. The van der Waals surface area contributed by atoms with Gasteiger partial charge in [0.25, 0.3) is 5.91 Å². The summed E-state index contributed by atoms with van der Waals surface area (Å²) < 4.78 is 10.7. The number of carbonyl (C=O) groups is 2. The van der Waals surface area contributed by atoms with Gasteiger partial charge in [-0.2, -0.15) is 0 Å². The fraction of sp³-hybridized carbons (Fsp3) is 0.304. The van der Waals surface area contributed by atoms with Gasteiger partial charge in [0.05, 0.1) is 12.2 Å². The van der Waals surface area contributed by atoms with Crippen molar-refractivity contribution < 1.29 is 19.1 Å². The van der Waals surface area contributed by atoms with Gasteiger partial charge in [0.1, 0.15) is 5.75 Å². The van der Waals surface area contributed by atoms with E-state index in [9.17, 15) is 9.59 Å². The molecule has 6 heteroatoms. The molecule has 0 saturated carbocycles. The third-order valence-corrected chi connectivity index (χ3v) is 4.58. The first-order chi connectivity index (χ1) is 14.2. The normalized spacial score (nSPS) is 10.7. The highest BCUT2D eigenvalue weighted by molar-refractivity contribution is 5.91. The van der Waals surface area contributed by atoms with Gasteiger partial charge in [-0.25, -0.2) is 4.79 Å². The predicted octanol–water partition coefficient (Wildman–Crippen LogP) is 3.86. The van der Waals surface area contributed by atoms with Gasteiger partial charge in [-0.1, -0.05) is 31.5 Å². The Morgan fingerprint density at radius 2 is 1.86 bits per heavy atom. The number of hydrogen-bond acceptors (Lipinski definition) is 4. The minimum absolute atomic E-state index is 0.304. The molecule has 1 amide bonds. The summed E-state index contributed by atoms with van der Waals surface area (Å²) in [4.78, 5) is 27.2. The Kier molecular flexibility index (Phi) is 7.28. The Hall–Kier alpha value is -3.28. The second-order valence-corrected chi connectivity index (χ2v) is 6.76. The van der Waals surface area contributed by atoms with Crippen molar-refractivity contribution in [2.45, 2.75) is 26.2 Å². The van der Waals surface area contributed by atoms with E-state index in [1.54, 1.807) is 24.3 Å². The highest BCUT2D eigenvalue weighted by Gasteiger charge is 2.11. The second kappa shape index (κ2) is 10.3. The van der Waals surface area contributed by atoms with Crippen molar-refractivity contribution in [3.8, 4) is 5.75 Å². The number of benzene rings is 2. The van der Waals surface area contributed by atoms with E-state index in [0.717, 1.165) is 29.3 Å². The number of hydrogen-bond donors (Lipinski definition) is 2. The molecule has 152 valence electrons. The largest absolute Gasteiger partial charge is 0.494 e. The van der Waals surface area contributed by atoms with Crippen LogP contribution in [0, 0.1) is 0 Å². The zero-order valence-electron chi connectivity index (χ0n) is 16.6. The molecule has 0 saturated heterocycles. The van der Waals surface area contributed by atoms with Gasteiger partial charge in [0.15, 0.2) is 6.61 Å². The van der Waals surface area contributed by atoms with Crippen molar-refractivity contribution in [1.82, 2.24) is 10.3 Å². The Morgan fingerprint density at radius 1 is 1.07 bits per heavy atom. The fourth-order valence-corrected chi connectivity index (χ4v) is 2.96. The second-order valence-electron chi connectivity index (χ2n) is 6.76. The molecule has 0 atom stereocenters. The number of fused-ring (bicyclic) bond motifs is 1. The van der Waals surface area contributed by atoms with Gasteiger partial charge in [-0.3, -0.25) is 4.79 Å². The Balaban J connectivity index is 1.39. The smallest absolute Gasteiger partial charge is 0.338 e.